The van der Waals surface area contributed by atoms with Crippen LogP contribution in [0.1, 0.15) is 50.7 Å². The molecule has 0 amide bonds. The van der Waals surface area contributed by atoms with E-state index in [2.05, 4.69) is 36.9 Å². The van der Waals surface area contributed by atoms with Crippen molar-refractivity contribution in [2.45, 2.75) is 57.5 Å². The summed E-state index contributed by atoms with van der Waals surface area (Å²) in [4.78, 5) is 2.64. The minimum absolute atomic E-state index is 0.237. The number of rotatable bonds is 2. The second-order valence-corrected chi connectivity index (χ2v) is 6.45. The van der Waals surface area contributed by atoms with E-state index in [0.717, 1.165) is 6.04 Å². The Hall–Kier alpha value is -1.02. The van der Waals surface area contributed by atoms with Gasteiger partial charge in [0.25, 0.3) is 0 Å². The van der Waals surface area contributed by atoms with Crippen LogP contribution in [0.15, 0.2) is 18.2 Å². The summed E-state index contributed by atoms with van der Waals surface area (Å²) in [5, 5.41) is 0. The lowest BCUT2D eigenvalue weighted by Gasteiger charge is -2.28. The molecule has 1 heterocycles. The number of nitrogens with two attached hydrogens (primary N) is 1. The summed E-state index contributed by atoms with van der Waals surface area (Å²) in [5.74, 6) is 0. The third-order valence-electron chi connectivity index (χ3n) is 4.53. The maximum atomic E-state index is 6.23. The third kappa shape index (κ3) is 2.03. The molecule has 98 valence electrons. The predicted octanol–water partition coefficient (Wildman–Crippen LogP) is 3.19. The molecule has 1 aromatic rings. The second kappa shape index (κ2) is 4.27. The van der Waals surface area contributed by atoms with Crippen molar-refractivity contribution >= 4 is 5.69 Å². The molecule has 18 heavy (non-hydrogen) atoms. The van der Waals surface area contributed by atoms with Gasteiger partial charge in [-0.2, -0.15) is 0 Å². The lowest BCUT2D eigenvalue weighted by Crippen LogP contribution is -2.32. The molecule has 2 N–H and O–H groups in total. The molecule has 0 spiro atoms. The minimum Gasteiger partial charge on any atom is -0.368 e. The van der Waals surface area contributed by atoms with E-state index >= 15 is 0 Å². The zero-order valence-electron chi connectivity index (χ0n) is 11.6. The van der Waals surface area contributed by atoms with Crippen molar-refractivity contribution in [3.8, 4) is 0 Å². The molecular formula is C16H24N2. The van der Waals surface area contributed by atoms with Gasteiger partial charge in [-0.3, -0.25) is 0 Å². The third-order valence-corrected chi connectivity index (χ3v) is 4.53. The van der Waals surface area contributed by atoms with Crippen LogP contribution in [0.4, 0.5) is 5.69 Å². The Labute approximate surface area is 110 Å². The average Bonchev–Trinajstić information content (AvgIpc) is 2.95. The minimum atomic E-state index is -0.237. The normalized spacial score (nSPS) is 20.5. The van der Waals surface area contributed by atoms with Gasteiger partial charge < -0.3 is 10.6 Å². The molecule has 1 aliphatic heterocycles. The van der Waals surface area contributed by atoms with Crippen LogP contribution in [0.3, 0.4) is 0 Å². The van der Waals surface area contributed by atoms with Crippen molar-refractivity contribution in [1.82, 2.24) is 0 Å². The van der Waals surface area contributed by atoms with Gasteiger partial charge >= 0.3 is 0 Å². The quantitative estimate of drug-likeness (QED) is 0.865. The molecule has 2 aliphatic rings. The Morgan fingerprint density at radius 2 is 1.94 bits per heavy atom. The van der Waals surface area contributed by atoms with E-state index in [9.17, 15) is 0 Å². The lowest BCUT2D eigenvalue weighted by molar-refractivity contribution is 0.553. The predicted molar refractivity (Wildman–Crippen MR) is 77.0 cm³/mol. The second-order valence-electron chi connectivity index (χ2n) is 6.45. The molecule has 0 atom stereocenters. The van der Waals surface area contributed by atoms with Gasteiger partial charge in [0, 0.05) is 23.8 Å². The number of hydrogen-bond acceptors (Lipinski definition) is 2. The van der Waals surface area contributed by atoms with Gasteiger partial charge in [-0.05, 0) is 50.3 Å². The van der Waals surface area contributed by atoms with Crippen molar-refractivity contribution in [3.05, 3.63) is 29.3 Å². The molecule has 0 bridgehead atoms. The summed E-state index contributed by atoms with van der Waals surface area (Å²) in [5.41, 5.74) is 10.2. The molecule has 0 aromatic heterocycles. The van der Waals surface area contributed by atoms with Crippen molar-refractivity contribution < 1.29 is 0 Å². The van der Waals surface area contributed by atoms with E-state index in [-0.39, 0.29) is 5.54 Å². The van der Waals surface area contributed by atoms with Crippen molar-refractivity contribution in [2.75, 3.05) is 11.4 Å². The number of fused-ring (bicyclic) bond motifs is 1. The molecule has 0 saturated heterocycles. The fraction of sp³-hybridized carbons (Fsp3) is 0.625. The first kappa shape index (κ1) is 12.0. The van der Waals surface area contributed by atoms with Gasteiger partial charge in [-0.15, -0.1) is 0 Å². The monoisotopic (exact) mass is 244 g/mol. The summed E-state index contributed by atoms with van der Waals surface area (Å²) in [7, 11) is 0. The van der Waals surface area contributed by atoms with Crippen LogP contribution in [-0.2, 0) is 12.0 Å². The largest absolute Gasteiger partial charge is 0.368 e. The van der Waals surface area contributed by atoms with Crippen LogP contribution in [0, 0.1) is 0 Å². The molecule has 1 aromatic carbocycles. The summed E-state index contributed by atoms with van der Waals surface area (Å²) >= 11 is 0. The first-order valence-electron chi connectivity index (χ1n) is 7.24. The Morgan fingerprint density at radius 1 is 1.22 bits per heavy atom. The molecule has 1 aliphatic carbocycles. The van der Waals surface area contributed by atoms with E-state index in [1.54, 1.807) is 0 Å². The Bertz CT molecular complexity index is 439. The Morgan fingerprint density at radius 3 is 2.61 bits per heavy atom. The van der Waals surface area contributed by atoms with Crippen LogP contribution in [0.2, 0.25) is 0 Å². The van der Waals surface area contributed by atoms with Crippen molar-refractivity contribution in [2.24, 2.45) is 5.73 Å². The van der Waals surface area contributed by atoms with Crippen LogP contribution < -0.4 is 10.6 Å². The van der Waals surface area contributed by atoms with Crippen LogP contribution in [0.5, 0.6) is 0 Å². The van der Waals surface area contributed by atoms with Gasteiger partial charge in [0.15, 0.2) is 0 Å². The number of anilines is 1. The smallest absolute Gasteiger partial charge is 0.0405 e. The zero-order valence-corrected chi connectivity index (χ0v) is 11.6. The first-order chi connectivity index (χ1) is 8.55. The average molecular weight is 244 g/mol. The van der Waals surface area contributed by atoms with Gasteiger partial charge in [-0.25, -0.2) is 0 Å². The molecule has 3 rings (SSSR count). The molecule has 2 heteroatoms. The van der Waals surface area contributed by atoms with Crippen LogP contribution in [-0.4, -0.2) is 12.6 Å². The molecular weight excluding hydrogens is 220 g/mol. The Balaban J connectivity index is 1.93. The topological polar surface area (TPSA) is 29.3 Å². The van der Waals surface area contributed by atoms with Crippen LogP contribution in [0.25, 0.3) is 0 Å². The summed E-state index contributed by atoms with van der Waals surface area (Å²) in [6, 6.07) is 7.61. The van der Waals surface area contributed by atoms with Gasteiger partial charge in [-0.1, -0.05) is 25.0 Å². The molecule has 2 nitrogen and oxygen atoms in total. The first-order valence-corrected chi connectivity index (χ1v) is 7.24. The number of hydrogen-bond donors (Lipinski definition) is 1. The van der Waals surface area contributed by atoms with E-state index in [4.69, 9.17) is 5.73 Å². The highest BCUT2D eigenvalue weighted by atomic mass is 15.2. The summed E-state index contributed by atoms with van der Waals surface area (Å²) in [6.07, 6.45) is 6.75. The number of nitrogens with zero attached hydrogens (tertiary/aromatic N) is 1. The van der Waals surface area contributed by atoms with Crippen LogP contribution >= 0.6 is 0 Å². The summed E-state index contributed by atoms with van der Waals surface area (Å²) < 4.78 is 0. The maximum absolute atomic E-state index is 6.23. The van der Waals surface area contributed by atoms with E-state index in [1.807, 2.05) is 0 Å². The fourth-order valence-corrected chi connectivity index (χ4v) is 3.40. The highest BCUT2D eigenvalue weighted by molar-refractivity contribution is 5.61. The highest BCUT2D eigenvalue weighted by Crippen LogP contribution is 2.36. The van der Waals surface area contributed by atoms with Gasteiger partial charge in [0.2, 0.25) is 0 Å². The molecule has 1 saturated carbocycles. The van der Waals surface area contributed by atoms with E-state index in [1.165, 1.54) is 55.5 Å². The summed E-state index contributed by atoms with van der Waals surface area (Å²) in [6.45, 7) is 5.38. The lowest BCUT2D eigenvalue weighted by atomic mass is 9.94. The van der Waals surface area contributed by atoms with Gasteiger partial charge in [0.1, 0.15) is 0 Å². The SMILES string of the molecule is CC(C)(N)c1ccc2c(c1)N(C1CCCC1)CC2. The van der Waals surface area contributed by atoms with Gasteiger partial charge in [0.05, 0.1) is 0 Å². The van der Waals surface area contributed by atoms with E-state index in [0.29, 0.717) is 0 Å². The molecule has 0 radical (unpaired) electrons. The fourth-order valence-electron chi connectivity index (χ4n) is 3.40. The zero-order chi connectivity index (χ0) is 12.8. The maximum Gasteiger partial charge on any atom is 0.0405 e. The highest BCUT2D eigenvalue weighted by Gasteiger charge is 2.29. The van der Waals surface area contributed by atoms with Crippen molar-refractivity contribution in [3.63, 3.8) is 0 Å². The van der Waals surface area contributed by atoms with Crippen molar-refractivity contribution in [1.29, 1.82) is 0 Å². The number of benzene rings is 1. The molecule has 1 fully saturated rings. The standard InChI is InChI=1S/C16H24N2/c1-16(2,17)13-8-7-12-9-10-18(15(12)11-13)14-5-3-4-6-14/h7-8,11,14H,3-6,9-10,17H2,1-2H3. The van der Waals surface area contributed by atoms with E-state index < -0.39 is 0 Å². The Kier molecular flexibility index (Phi) is 2.86. The molecule has 0 unspecified atom stereocenters.